The lowest BCUT2D eigenvalue weighted by Crippen LogP contribution is -2.32. The van der Waals surface area contributed by atoms with Crippen molar-refractivity contribution in [2.75, 3.05) is 5.32 Å². The van der Waals surface area contributed by atoms with E-state index in [0.717, 1.165) is 5.69 Å². The SMILES string of the molecule is Cc1ccc(NC(C)C(N)=NO)cc1C. The van der Waals surface area contributed by atoms with Gasteiger partial charge in [-0.25, -0.2) is 0 Å². The Hall–Kier alpha value is -1.71. The molecule has 0 aliphatic rings. The molecule has 0 bridgehead atoms. The molecule has 15 heavy (non-hydrogen) atoms. The predicted octanol–water partition coefficient (Wildman–Crippen LogP) is 1.85. The second-order valence-corrected chi connectivity index (χ2v) is 3.69. The zero-order chi connectivity index (χ0) is 11.4. The van der Waals surface area contributed by atoms with E-state index in [2.05, 4.69) is 24.3 Å². The third-order valence-corrected chi connectivity index (χ3v) is 2.45. The fraction of sp³-hybridized carbons (Fsp3) is 0.364. The summed E-state index contributed by atoms with van der Waals surface area (Å²) in [6.07, 6.45) is 0. The summed E-state index contributed by atoms with van der Waals surface area (Å²) in [6, 6.07) is 5.87. The highest BCUT2D eigenvalue weighted by Crippen LogP contribution is 2.14. The minimum absolute atomic E-state index is 0.174. The van der Waals surface area contributed by atoms with Gasteiger partial charge in [0.2, 0.25) is 0 Å². The van der Waals surface area contributed by atoms with E-state index in [0.29, 0.717) is 0 Å². The van der Waals surface area contributed by atoms with E-state index in [1.807, 2.05) is 25.1 Å². The Kier molecular flexibility index (Phi) is 3.55. The highest BCUT2D eigenvalue weighted by Gasteiger charge is 2.06. The summed E-state index contributed by atoms with van der Waals surface area (Å²) >= 11 is 0. The molecule has 0 spiro atoms. The minimum atomic E-state index is -0.183. The topological polar surface area (TPSA) is 70.6 Å². The summed E-state index contributed by atoms with van der Waals surface area (Å²) in [7, 11) is 0. The van der Waals surface area contributed by atoms with E-state index in [1.54, 1.807) is 0 Å². The van der Waals surface area contributed by atoms with Gasteiger partial charge >= 0.3 is 0 Å². The van der Waals surface area contributed by atoms with E-state index >= 15 is 0 Å². The highest BCUT2D eigenvalue weighted by molar-refractivity contribution is 5.87. The van der Waals surface area contributed by atoms with Gasteiger partial charge in [-0.2, -0.15) is 0 Å². The van der Waals surface area contributed by atoms with Crippen LogP contribution in [0.3, 0.4) is 0 Å². The van der Waals surface area contributed by atoms with Crippen molar-refractivity contribution in [1.82, 2.24) is 0 Å². The molecular formula is C11H17N3O. The van der Waals surface area contributed by atoms with Gasteiger partial charge in [0.15, 0.2) is 5.84 Å². The van der Waals surface area contributed by atoms with Crippen molar-refractivity contribution in [2.45, 2.75) is 26.8 Å². The molecule has 0 aliphatic carbocycles. The molecule has 82 valence electrons. The van der Waals surface area contributed by atoms with Crippen LogP contribution in [0.15, 0.2) is 23.4 Å². The number of anilines is 1. The van der Waals surface area contributed by atoms with Gasteiger partial charge in [-0.15, -0.1) is 0 Å². The first-order valence-electron chi connectivity index (χ1n) is 4.86. The molecule has 4 nitrogen and oxygen atoms in total. The molecule has 0 fully saturated rings. The maximum Gasteiger partial charge on any atom is 0.161 e. The molecule has 0 saturated carbocycles. The van der Waals surface area contributed by atoms with E-state index in [9.17, 15) is 0 Å². The minimum Gasteiger partial charge on any atom is -0.409 e. The first-order chi connectivity index (χ1) is 7.04. The summed E-state index contributed by atoms with van der Waals surface area (Å²) in [5, 5.41) is 14.6. The van der Waals surface area contributed by atoms with E-state index in [1.165, 1.54) is 11.1 Å². The Labute approximate surface area is 89.8 Å². The first-order valence-corrected chi connectivity index (χ1v) is 4.86. The molecule has 0 amide bonds. The number of benzene rings is 1. The molecule has 1 aromatic carbocycles. The number of amidine groups is 1. The zero-order valence-corrected chi connectivity index (χ0v) is 9.28. The summed E-state index contributed by atoms with van der Waals surface area (Å²) in [4.78, 5) is 0. The molecular weight excluding hydrogens is 190 g/mol. The Bertz CT molecular complexity index is 374. The first kappa shape index (κ1) is 11.4. The Morgan fingerprint density at radius 1 is 1.40 bits per heavy atom. The number of rotatable bonds is 3. The molecule has 1 aromatic rings. The maximum atomic E-state index is 8.50. The number of nitrogens with zero attached hydrogens (tertiary/aromatic N) is 1. The van der Waals surface area contributed by atoms with Gasteiger partial charge < -0.3 is 16.3 Å². The van der Waals surface area contributed by atoms with Gasteiger partial charge in [0.1, 0.15) is 0 Å². The smallest absolute Gasteiger partial charge is 0.161 e. The highest BCUT2D eigenvalue weighted by atomic mass is 16.4. The normalized spacial score (nSPS) is 13.7. The number of nitrogens with one attached hydrogen (secondary N) is 1. The molecule has 4 N–H and O–H groups in total. The Balaban J connectivity index is 2.77. The van der Waals surface area contributed by atoms with Crippen molar-refractivity contribution >= 4 is 11.5 Å². The lowest BCUT2D eigenvalue weighted by atomic mass is 10.1. The van der Waals surface area contributed by atoms with Gasteiger partial charge in [-0.3, -0.25) is 0 Å². The van der Waals surface area contributed by atoms with Gasteiger partial charge in [-0.1, -0.05) is 11.2 Å². The fourth-order valence-electron chi connectivity index (χ4n) is 1.24. The van der Waals surface area contributed by atoms with Crippen LogP contribution < -0.4 is 11.1 Å². The summed E-state index contributed by atoms with van der Waals surface area (Å²) in [5.74, 6) is 0.174. The van der Waals surface area contributed by atoms with Crippen LogP contribution >= 0.6 is 0 Å². The average molecular weight is 207 g/mol. The second kappa shape index (κ2) is 4.68. The predicted molar refractivity (Wildman–Crippen MR) is 62.4 cm³/mol. The largest absolute Gasteiger partial charge is 0.409 e. The number of oxime groups is 1. The maximum absolute atomic E-state index is 8.50. The number of hydrogen-bond donors (Lipinski definition) is 3. The van der Waals surface area contributed by atoms with Crippen molar-refractivity contribution in [1.29, 1.82) is 0 Å². The molecule has 0 aliphatic heterocycles. The molecule has 0 radical (unpaired) electrons. The molecule has 0 saturated heterocycles. The van der Waals surface area contributed by atoms with Crippen molar-refractivity contribution in [3.8, 4) is 0 Å². The molecule has 0 heterocycles. The van der Waals surface area contributed by atoms with Gasteiger partial charge in [0.25, 0.3) is 0 Å². The van der Waals surface area contributed by atoms with Gasteiger partial charge in [0, 0.05) is 5.69 Å². The van der Waals surface area contributed by atoms with Crippen LogP contribution in [0.2, 0.25) is 0 Å². The van der Waals surface area contributed by atoms with Crippen molar-refractivity contribution in [3.05, 3.63) is 29.3 Å². The van der Waals surface area contributed by atoms with Crippen molar-refractivity contribution in [2.24, 2.45) is 10.9 Å². The van der Waals surface area contributed by atoms with E-state index in [4.69, 9.17) is 10.9 Å². The Morgan fingerprint density at radius 3 is 2.60 bits per heavy atom. The fourth-order valence-corrected chi connectivity index (χ4v) is 1.24. The van der Waals surface area contributed by atoms with E-state index in [-0.39, 0.29) is 11.9 Å². The van der Waals surface area contributed by atoms with Crippen molar-refractivity contribution in [3.63, 3.8) is 0 Å². The van der Waals surface area contributed by atoms with Crippen LogP contribution in [0.4, 0.5) is 5.69 Å². The molecule has 1 rings (SSSR count). The quantitative estimate of drug-likeness (QED) is 0.306. The lowest BCUT2D eigenvalue weighted by Gasteiger charge is -2.14. The van der Waals surface area contributed by atoms with Gasteiger partial charge in [0.05, 0.1) is 6.04 Å². The number of hydrogen-bond acceptors (Lipinski definition) is 3. The van der Waals surface area contributed by atoms with Crippen LogP contribution in [0, 0.1) is 13.8 Å². The van der Waals surface area contributed by atoms with Crippen LogP contribution in [0.25, 0.3) is 0 Å². The van der Waals surface area contributed by atoms with Gasteiger partial charge in [-0.05, 0) is 44.0 Å². The van der Waals surface area contributed by atoms with Crippen LogP contribution in [0.1, 0.15) is 18.1 Å². The number of aryl methyl sites for hydroxylation is 2. The third kappa shape index (κ3) is 2.87. The molecule has 1 atom stereocenters. The number of nitrogens with two attached hydrogens (primary N) is 1. The lowest BCUT2D eigenvalue weighted by molar-refractivity contribution is 0.316. The summed E-state index contributed by atoms with van der Waals surface area (Å²) in [5.41, 5.74) is 8.90. The second-order valence-electron chi connectivity index (χ2n) is 3.69. The Morgan fingerprint density at radius 2 is 2.07 bits per heavy atom. The monoisotopic (exact) mass is 207 g/mol. The standard InChI is InChI=1S/C11H17N3O/c1-7-4-5-10(6-8(7)2)13-9(3)11(12)14-15/h4-6,9,13,15H,1-3H3,(H2,12,14). The van der Waals surface area contributed by atoms with E-state index < -0.39 is 0 Å². The zero-order valence-electron chi connectivity index (χ0n) is 9.28. The van der Waals surface area contributed by atoms with Crippen LogP contribution in [0.5, 0.6) is 0 Å². The molecule has 4 heteroatoms. The van der Waals surface area contributed by atoms with Crippen molar-refractivity contribution < 1.29 is 5.21 Å². The average Bonchev–Trinajstić information content (AvgIpc) is 2.22. The third-order valence-electron chi connectivity index (χ3n) is 2.45. The van der Waals surface area contributed by atoms with Crippen LogP contribution in [-0.4, -0.2) is 17.1 Å². The summed E-state index contributed by atoms with van der Waals surface area (Å²) in [6.45, 7) is 5.95. The summed E-state index contributed by atoms with van der Waals surface area (Å²) < 4.78 is 0. The molecule has 1 unspecified atom stereocenters. The molecule has 0 aromatic heterocycles. The van der Waals surface area contributed by atoms with Crippen LogP contribution in [-0.2, 0) is 0 Å².